The predicted molar refractivity (Wildman–Crippen MR) is 61.0 cm³/mol. The summed E-state index contributed by atoms with van der Waals surface area (Å²) in [6, 6.07) is 0. The largest absolute Gasteiger partial charge is 0.380 e. The van der Waals surface area contributed by atoms with Crippen LogP contribution in [0.25, 0.3) is 0 Å². The van der Waals surface area contributed by atoms with E-state index in [0.717, 1.165) is 37.1 Å². The van der Waals surface area contributed by atoms with Crippen LogP contribution in [0.1, 0.15) is 12.8 Å². The van der Waals surface area contributed by atoms with Crippen molar-refractivity contribution in [1.29, 1.82) is 0 Å². The lowest BCUT2D eigenvalue weighted by Gasteiger charge is -2.08. The summed E-state index contributed by atoms with van der Waals surface area (Å²) in [4.78, 5) is 0. The van der Waals surface area contributed by atoms with Gasteiger partial charge in [0.1, 0.15) is 0 Å². The molecule has 0 radical (unpaired) electrons. The fourth-order valence-electron chi connectivity index (χ4n) is 1.28. The standard InChI is InChI=1S/C9H18O2S2/c12-6-4-10-5-7-13-8-9-2-1-3-11-9/h9,12H,1-8H2. The molecule has 1 aliphatic rings. The third-order valence-electron chi connectivity index (χ3n) is 1.94. The van der Waals surface area contributed by atoms with Crippen LogP contribution in [0.2, 0.25) is 0 Å². The second kappa shape index (κ2) is 7.97. The van der Waals surface area contributed by atoms with Crippen molar-refractivity contribution in [3.05, 3.63) is 0 Å². The SMILES string of the molecule is SCCOCCSCC1CCCO1. The van der Waals surface area contributed by atoms with Gasteiger partial charge in [0, 0.05) is 23.9 Å². The quantitative estimate of drug-likeness (QED) is 0.524. The van der Waals surface area contributed by atoms with Crippen LogP contribution in [0.5, 0.6) is 0 Å². The maximum absolute atomic E-state index is 5.51. The Labute approximate surface area is 90.2 Å². The Kier molecular flexibility index (Phi) is 7.17. The Morgan fingerprint density at radius 3 is 3.08 bits per heavy atom. The third-order valence-corrected chi connectivity index (χ3v) is 3.18. The average molecular weight is 222 g/mol. The number of rotatable bonds is 7. The van der Waals surface area contributed by atoms with Gasteiger partial charge in [0.15, 0.2) is 0 Å². The highest BCUT2D eigenvalue weighted by molar-refractivity contribution is 7.99. The minimum Gasteiger partial charge on any atom is -0.380 e. The molecule has 0 aromatic heterocycles. The van der Waals surface area contributed by atoms with Crippen LogP contribution in [-0.2, 0) is 9.47 Å². The highest BCUT2D eigenvalue weighted by Gasteiger charge is 2.14. The molecule has 0 aliphatic carbocycles. The molecular weight excluding hydrogens is 204 g/mol. The molecule has 13 heavy (non-hydrogen) atoms. The first-order chi connectivity index (χ1) is 6.43. The smallest absolute Gasteiger partial charge is 0.0666 e. The van der Waals surface area contributed by atoms with Crippen molar-refractivity contribution in [1.82, 2.24) is 0 Å². The van der Waals surface area contributed by atoms with Gasteiger partial charge in [-0.2, -0.15) is 24.4 Å². The van der Waals surface area contributed by atoms with Crippen molar-refractivity contribution in [2.24, 2.45) is 0 Å². The molecule has 1 heterocycles. The molecule has 0 saturated carbocycles. The molecule has 1 rings (SSSR count). The van der Waals surface area contributed by atoms with E-state index in [1.807, 2.05) is 11.8 Å². The first-order valence-electron chi connectivity index (χ1n) is 4.81. The van der Waals surface area contributed by atoms with Gasteiger partial charge in [0.2, 0.25) is 0 Å². The minimum absolute atomic E-state index is 0.509. The highest BCUT2D eigenvalue weighted by Crippen LogP contribution is 2.16. The van der Waals surface area contributed by atoms with Crippen molar-refractivity contribution in [2.45, 2.75) is 18.9 Å². The molecule has 1 saturated heterocycles. The third kappa shape index (κ3) is 5.83. The van der Waals surface area contributed by atoms with Gasteiger partial charge in [-0.1, -0.05) is 0 Å². The summed E-state index contributed by atoms with van der Waals surface area (Å²) in [7, 11) is 0. The van der Waals surface area contributed by atoms with E-state index >= 15 is 0 Å². The number of thioether (sulfide) groups is 1. The number of hydrogen-bond donors (Lipinski definition) is 1. The van der Waals surface area contributed by atoms with E-state index in [9.17, 15) is 0 Å². The molecule has 0 amide bonds. The van der Waals surface area contributed by atoms with Crippen LogP contribution in [0.3, 0.4) is 0 Å². The van der Waals surface area contributed by atoms with Crippen molar-refractivity contribution in [3.8, 4) is 0 Å². The van der Waals surface area contributed by atoms with E-state index in [2.05, 4.69) is 12.6 Å². The number of ether oxygens (including phenoxy) is 2. The van der Waals surface area contributed by atoms with Gasteiger partial charge in [-0.25, -0.2) is 0 Å². The molecule has 0 bridgehead atoms. The maximum atomic E-state index is 5.51. The summed E-state index contributed by atoms with van der Waals surface area (Å²) in [6.07, 6.45) is 2.99. The molecular formula is C9H18O2S2. The zero-order chi connectivity index (χ0) is 9.36. The molecule has 1 aliphatic heterocycles. The Morgan fingerprint density at radius 2 is 2.38 bits per heavy atom. The van der Waals surface area contributed by atoms with Crippen LogP contribution in [0.15, 0.2) is 0 Å². The minimum atomic E-state index is 0.509. The zero-order valence-corrected chi connectivity index (χ0v) is 9.62. The Hall–Kier alpha value is 0.620. The topological polar surface area (TPSA) is 18.5 Å². The van der Waals surface area contributed by atoms with Crippen LogP contribution in [0, 0.1) is 0 Å². The molecule has 1 fully saturated rings. The maximum Gasteiger partial charge on any atom is 0.0666 e. The monoisotopic (exact) mass is 222 g/mol. The molecule has 1 atom stereocenters. The van der Waals surface area contributed by atoms with Gasteiger partial charge in [-0.05, 0) is 12.8 Å². The molecule has 78 valence electrons. The summed E-state index contributed by atoms with van der Waals surface area (Å²) in [5, 5.41) is 0. The van der Waals surface area contributed by atoms with Crippen molar-refractivity contribution >= 4 is 24.4 Å². The van der Waals surface area contributed by atoms with E-state index in [4.69, 9.17) is 9.47 Å². The van der Waals surface area contributed by atoms with Crippen molar-refractivity contribution < 1.29 is 9.47 Å². The lowest BCUT2D eigenvalue weighted by molar-refractivity contribution is 0.128. The van der Waals surface area contributed by atoms with Crippen molar-refractivity contribution in [3.63, 3.8) is 0 Å². The zero-order valence-electron chi connectivity index (χ0n) is 7.91. The Bertz CT molecular complexity index is 116. The van der Waals surface area contributed by atoms with Crippen LogP contribution in [-0.4, -0.2) is 43.2 Å². The lowest BCUT2D eigenvalue weighted by Crippen LogP contribution is -2.09. The fourth-order valence-corrected chi connectivity index (χ4v) is 2.33. The van der Waals surface area contributed by atoms with Crippen molar-refractivity contribution in [2.75, 3.05) is 37.1 Å². The second-order valence-corrected chi connectivity index (χ2v) is 4.64. The number of hydrogen-bond acceptors (Lipinski definition) is 4. The van der Waals surface area contributed by atoms with Gasteiger partial charge in [-0.3, -0.25) is 0 Å². The fraction of sp³-hybridized carbons (Fsp3) is 1.00. The van der Waals surface area contributed by atoms with E-state index < -0.39 is 0 Å². The predicted octanol–water partition coefficient (Wildman–Crippen LogP) is 1.85. The molecule has 0 N–H and O–H groups in total. The van der Waals surface area contributed by atoms with Gasteiger partial charge >= 0.3 is 0 Å². The summed E-state index contributed by atoms with van der Waals surface area (Å²) in [5.41, 5.74) is 0. The van der Waals surface area contributed by atoms with E-state index in [1.165, 1.54) is 12.8 Å². The van der Waals surface area contributed by atoms with Crippen LogP contribution < -0.4 is 0 Å². The molecule has 1 unspecified atom stereocenters. The van der Waals surface area contributed by atoms with E-state index in [0.29, 0.717) is 6.10 Å². The summed E-state index contributed by atoms with van der Waals surface area (Å²) in [5.74, 6) is 3.02. The molecule has 0 spiro atoms. The first-order valence-corrected chi connectivity index (χ1v) is 6.60. The van der Waals surface area contributed by atoms with Crippen LogP contribution >= 0.6 is 24.4 Å². The average Bonchev–Trinajstić information content (AvgIpc) is 2.63. The first kappa shape index (κ1) is 11.7. The van der Waals surface area contributed by atoms with Crippen LogP contribution in [0.4, 0.5) is 0 Å². The molecule has 0 aromatic carbocycles. The van der Waals surface area contributed by atoms with E-state index in [-0.39, 0.29) is 0 Å². The Morgan fingerprint density at radius 1 is 1.46 bits per heavy atom. The van der Waals surface area contributed by atoms with Gasteiger partial charge in [0.25, 0.3) is 0 Å². The van der Waals surface area contributed by atoms with E-state index in [1.54, 1.807) is 0 Å². The summed E-state index contributed by atoms with van der Waals surface area (Å²) < 4.78 is 10.8. The van der Waals surface area contributed by atoms with Gasteiger partial charge in [0.05, 0.1) is 19.3 Å². The van der Waals surface area contributed by atoms with Gasteiger partial charge < -0.3 is 9.47 Å². The summed E-state index contributed by atoms with van der Waals surface area (Å²) in [6.45, 7) is 2.57. The molecule has 4 heteroatoms. The number of thiol groups is 1. The second-order valence-electron chi connectivity index (χ2n) is 3.05. The highest BCUT2D eigenvalue weighted by atomic mass is 32.2. The Balaban J connectivity index is 1.78. The van der Waals surface area contributed by atoms with Gasteiger partial charge in [-0.15, -0.1) is 0 Å². The lowest BCUT2D eigenvalue weighted by atomic mass is 10.3. The molecule has 2 nitrogen and oxygen atoms in total. The summed E-state index contributed by atoms with van der Waals surface area (Å²) >= 11 is 5.99. The molecule has 0 aromatic rings. The normalized spacial score (nSPS) is 22.4.